The van der Waals surface area contributed by atoms with Crippen molar-refractivity contribution in [3.05, 3.63) is 78.4 Å². The van der Waals surface area contributed by atoms with Gasteiger partial charge in [-0.2, -0.15) is 0 Å². The summed E-state index contributed by atoms with van der Waals surface area (Å²) in [6.07, 6.45) is 0. The summed E-state index contributed by atoms with van der Waals surface area (Å²) < 4.78 is 29.8. The summed E-state index contributed by atoms with van der Waals surface area (Å²) in [7, 11) is -2.64. The predicted molar refractivity (Wildman–Crippen MR) is 104 cm³/mol. The summed E-state index contributed by atoms with van der Waals surface area (Å²) >= 11 is 0. The van der Waals surface area contributed by atoms with Crippen molar-refractivity contribution in [3.63, 3.8) is 0 Å². The second-order valence-electron chi connectivity index (χ2n) is 5.81. The van der Waals surface area contributed by atoms with Crippen LogP contribution in [0.5, 0.6) is 11.5 Å². The van der Waals surface area contributed by atoms with Gasteiger partial charge in [0, 0.05) is 0 Å². The van der Waals surface area contributed by atoms with Gasteiger partial charge in [-0.1, -0.05) is 48.5 Å². The number of para-hydroxylation sites is 1. The molecule has 0 unspecified atom stereocenters. The smallest absolute Gasteiger partial charge is 0.270 e. The number of hydrogen-bond acceptors (Lipinski definition) is 5. The Kier molecular flexibility index (Phi) is 5.62. The van der Waals surface area contributed by atoms with Crippen molar-refractivity contribution in [1.29, 1.82) is 0 Å². The molecule has 0 aromatic heterocycles. The number of phenolic OH excluding ortho intramolecular Hbond substituents is 1. The van der Waals surface area contributed by atoms with Crippen molar-refractivity contribution in [2.75, 3.05) is 7.11 Å². The van der Waals surface area contributed by atoms with Crippen molar-refractivity contribution in [1.82, 2.24) is 10.3 Å². The first-order valence-corrected chi connectivity index (χ1v) is 9.74. The summed E-state index contributed by atoms with van der Waals surface area (Å²) in [4.78, 5) is 14.2. The maximum atomic E-state index is 12.4. The van der Waals surface area contributed by atoms with E-state index in [2.05, 4.69) is 5.43 Å². The Morgan fingerprint density at radius 3 is 2.18 bits per heavy atom. The first kappa shape index (κ1) is 19.4. The molecule has 7 nitrogen and oxygen atoms in total. The Morgan fingerprint density at radius 2 is 1.54 bits per heavy atom. The number of methoxy groups -OCH3 is 1. The van der Waals surface area contributed by atoms with Gasteiger partial charge in [-0.25, -0.2) is 8.42 Å². The molecule has 0 saturated heterocycles. The van der Waals surface area contributed by atoms with Gasteiger partial charge in [-0.15, -0.1) is 4.83 Å². The van der Waals surface area contributed by atoms with Crippen LogP contribution in [0.4, 0.5) is 0 Å². The molecule has 0 atom stereocenters. The standard InChI is InChI=1S/C20H18N2O5S/c1-27-18-9-5-8-17(19(18)23)20(24)21-22-28(25,26)16-12-10-15(11-13-16)14-6-3-2-4-7-14/h2-13,22-23H,1H3,(H,21,24). The van der Waals surface area contributed by atoms with Gasteiger partial charge in [-0.05, 0) is 35.4 Å². The Labute approximate surface area is 162 Å². The van der Waals surface area contributed by atoms with Crippen LogP contribution in [0.15, 0.2) is 77.7 Å². The monoisotopic (exact) mass is 398 g/mol. The fourth-order valence-corrected chi connectivity index (χ4v) is 3.41. The molecule has 3 rings (SSSR count). The maximum Gasteiger partial charge on any atom is 0.270 e. The number of nitrogens with one attached hydrogen (secondary N) is 2. The minimum Gasteiger partial charge on any atom is -0.504 e. The molecular weight excluding hydrogens is 380 g/mol. The van der Waals surface area contributed by atoms with E-state index in [1.807, 2.05) is 35.2 Å². The molecule has 3 N–H and O–H groups in total. The van der Waals surface area contributed by atoms with Crippen LogP contribution in [0, 0.1) is 0 Å². The second-order valence-corrected chi connectivity index (χ2v) is 7.49. The van der Waals surface area contributed by atoms with E-state index in [1.54, 1.807) is 12.1 Å². The Hall–Kier alpha value is -3.36. The van der Waals surface area contributed by atoms with Crippen LogP contribution < -0.4 is 15.0 Å². The lowest BCUT2D eigenvalue weighted by Gasteiger charge is -2.11. The highest BCUT2D eigenvalue weighted by Crippen LogP contribution is 2.29. The molecule has 0 heterocycles. The highest BCUT2D eigenvalue weighted by Gasteiger charge is 2.19. The minimum absolute atomic E-state index is 0.0117. The molecule has 0 fully saturated rings. The average molecular weight is 398 g/mol. The lowest BCUT2D eigenvalue weighted by molar-refractivity contribution is 0.0942. The minimum atomic E-state index is -3.99. The molecule has 144 valence electrons. The Balaban J connectivity index is 1.73. The topological polar surface area (TPSA) is 105 Å². The van der Waals surface area contributed by atoms with Crippen molar-refractivity contribution in [2.24, 2.45) is 0 Å². The maximum absolute atomic E-state index is 12.4. The van der Waals surface area contributed by atoms with Gasteiger partial charge in [0.1, 0.15) is 0 Å². The fourth-order valence-electron chi connectivity index (χ4n) is 2.57. The van der Waals surface area contributed by atoms with Gasteiger partial charge >= 0.3 is 0 Å². The third-order valence-corrected chi connectivity index (χ3v) is 5.30. The first-order valence-electron chi connectivity index (χ1n) is 8.26. The van der Waals surface area contributed by atoms with E-state index < -0.39 is 15.9 Å². The van der Waals surface area contributed by atoms with Crippen molar-refractivity contribution in [3.8, 4) is 22.6 Å². The summed E-state index contributed by atoms with van der Waals surface area (Å²) in [5.41, 5.74) is 3.79. The second kappa shape index (κ2) is 8.12. The predicted octanol–water partition coefficient (Wildman–Crippen LogP) is 2.69. The molecule has 0 aliphatic rings. The third kappa shape index (κ3) is 4.13. The van der Waals surface area contributed by atoms with Gasteiger partial charge in [0.2, 0.25) is 0 Å². The molecule has 1 amide bonds. The number of rotatable bonds is 6. The average Bonchev–Trinajstić information content (AvgIpc) is 2.73. The van der Waals surface area contributed by atoms with Crippen molar-refractivity contribution < 1.29 is 23.1 Å². The molecule has 0 aliphatic heterocycles. The van der Waals surface area contributed by atoms with E-state index in [0.29, 0.717) is 0 Å². The van der Waals surface area contributed by atoms with E-state index in [-0.39, 0.29) is 22.0 Å². The zero-order chi connectivity index (χ0) is 20.1. The summed E-state index contributed by atoms with van der Waals surface area (Å²) in [5.74, 6) is -1.10. The van der Waals surface area contributed by atoms with Crippen molar-refractivity contribution >= 4 is 15.9 Å². The van der Waals surface area contributed by atoms with Gasteiger partial charge in [0.25, 0.3) is 15.9 Å². The highest BCUT2D eigenvalue weighted by molar-refractivity contribution is 7.89. The van der Waals surface area contributed by atoms with Crippen LogP contribution in [0.3, 0.4) is 0 Å². The molecule has 0 aliphatic carbocycles. The lowest BCUT2D eigenvalue weighted by atomic mass is 10.1. The van der Waals surface area contributed by atoms with E-state index in [9.17, 15) is 18.3 Å². The number of carbonyl (C=O) groups is 1. The number of phenols is 1. The van der Waals surface area contributed by atoms with Gasteiger partial charge in [-0.3, -0.25) is 10.2 Å². The van der Waals surface area contributed by atoms with Crippen LogP contribution >= 0.6 is 0 Å². The lowest BCUT2D eigenvalue weighted by Crippen LogP contribution is -2.41. The SMILES string of the molecule is COc1cccc(C(=O)NNS(=O)(=O)c2ccc(-c3ccccc3)cc2)c1O. The number of hydrazine groups is 1. The summed E-state index contributed by atoms with van der Waals surface area (Å²) in [5, 5.41) is 9.98. The van der Waals surface area contributed by atoms with E-state index in [4.69, 9.17) is 4.74 Å². The first-order chi connectivity index (χ1) is 13.4. The van der Waals surface area contributed by atoms with E-state index in [1.165, 1.54) is 37.4 Å². The van der Waals surface area contributed by atoms with Crippen LogP contribution in [-0.4, -0.2) is 26.5 Å². The highest BCUT2D eigenvalue weighted by atomic mass is 32.2. The van der Waals surface area contributed by atoms with Crippen LogP contribution in [-0.2, 0) is 10.0 Å². The normalized spacial score (nSPS) is 11.0. The van der Waals surface area contributed by atoms with Crippen LogP contribution in [0.2, 0.25) is 0 Å². The molecule has 0 radical (unpaired) electrons. The fraction of sp³-hybridized carbons (Fsp3) is 0.0500. The molecule has 0 saturated carbocycles. The zero-order valence-electron chi connectivity index (χ0n) is 14.9. The zero-order valence-corrected chi connectivity index (χ0v) is 15.7. The number of benzene rings is 3. The van der Waals surface area contributed by atoms with Crippen LogP contribution in [0.1, 0.15) is 10.4 Å². The number of sulfonamides is 1. The largest absolute Gasteiger partial charge is 0.504 e. The Morgan fingerprint density at radius 1 is 0.893 bits per heavy atom. The molecule has 0 spiro atoms. The van der Waals surface area contributed by atoms with Gasteiger partial charge in [0.05, 0.1) is 17.6 Å². The number of carbonyl (C=O) groups excluding carboxylic acids is 1. The van der Waals surface area contributed by atoms with E-state index in [0.717, 1.165) is 11.1 Å². The van der Waals surface area contributed by atoms with E-state index >= 15 is 0 Å². The van der Waals surface area contributed by atoms with Crippen molar-refractivity contribution in [2.45, 2.75) is 4.90 Å². The number of ether oxygens (including phenoxy) is 1. The molecule has 3 aromatic rings. The molecule has 3 aromatic carbocycles. The number of hydrogen-bond donors (Lipinski definition) is 3. The Bertz CT molecular complexity index is 1080. The molecule has 0 bridgehead atoms. The number of aromatic hydroxyl groups is 1. The molecular formula is C20H18N2O5S. The summed E-state index contributed by atoms with van der Waals surface area (Å²) in [6, 6.07) is 20.1. The van der Waals surface area contributed by atoms with Crippen LogP contribution in [0.25, 0.3) is 11.1 Å². The molecule has 8 heteroatoms. The third-order valence-electron chi connectivity index (χ3n) is 4.03. The molecule has 28 heavy (non-hydrogen) atoms. The van der Waals surface area contributed by atoms with Gasteiger partial charge in [0.15, 0.2) is 11.5 Å². The number of amides is 1. The quantitative estimate of drug-likeness (QED) is 0.554. The summed E-state index contributed by atoms with van der Waals surface area (Å²) in [6.45, 7) is 0. The van der Waals surface area contributed by atoms with Gasteiger partial charge < -0.3 is 9.84 Å².